The van der Waals surface area contributed by atoms with Gasteiger partial charge in [0.1, 0.15) is 0 Å². The third-order valence-corrected chi connectivity index (χ3v) is 2.31. The molecule has 1 N–H and O–H groups in total. The molecule has 1 aliphatic rings. The highest BCUT2D eigenvalue weighted by atomic mass is 16.2. The van der Waals surface area contributed by atoms with E-state index in [1.54, 1.807) is 0 Å². The monoisotopic (exact) mass is 170 g/mol. The van der Waals surface area contributed by atoms with Crippen LogP contribution >= 0.6 is 0 Å². The fourth-order valence-electron chi connectivity index (χ4n) is 1.53. The SMILES string of the molecule is CCCNC1CCC(=O)N(C)C1. The molecule has 3 nitrogen and oxygen atoms in total. The van der Waals surface area contributed by atoms with E-state index in [0.29, 0.717) is 12.5 Å². The Morgan fingerprint density at radius 2 is 2.42 bits per heavy atom. The van der Waals surface area contributed by atoms with E-state index in [0.717, 1.165) is 25.9 Å². The quantitative estimate of drug-likeness (QED) is 0.673. The van der Waals surface area contributed by atoms with Gasteiger partial charge in [0.15, 0.2) is 0 Å². The van der Waals surface area contributed by atoms with Crippen molar-refractivity contribution in [1.29, 1.82) is 0 Å². The molecular formula is C9H18N2O. The third-order valence-electron chi connectivity index (χ3n) is 2.31. The lowest BCUT2D eigenvalue weighted by atomic mass is 10.1. The number of carbonyl (C=O) groups is 1. The van der Waals surface area contributed by atoms with Crippen LogP contribution in [0.4, 0.5) is 0 Å². The second-order valence-corrected chi connectivity index (χ2v) is 3.46. The van der Waals surface area contributed by atoms with Crippen LogP contribution in [0.3, 0.4) is 0 Å². The fourth-order valence-corrected chi connectivity index (χ4v) is 1.53. The van der Waals surface area contributed by atoms with Crippen LogP contribution < -0.4 is 5.32 Å². The molecule has 0 radical (unpaired) electrons. The average Bonchev–Trinajstić information content (AvgIpc) is 2.07. The molecule has 70 valence electrons. The van der Waals surface area contributed by atoms with Gasteiger partial charge < -0.3 is 10.2 Å². The molecule has 0 saturated carbocycles. The van der Waals surface area contributed by atoms with Crippen molar-refractivity contribution in [2.75, 3.05) is 20.1 Å². The van der Waals surface area contributed by atoms with Crippen LogP contribution in [-0.4, -0.2) is 37.0 Å². The van der Waals surface area contributed by atoms with Gasteiger partial charge in [-0.15, -0.1) is 0 Å². The Bertz CT molecular complexity index is 159. The molecule has 0 aromatic carbocycles. The number of likely N-dealkylation sites (tertiary alicyclic amines) is 1. The van der Waals surface area contributed by atoms with Gasteiger partial charge in [-0.2, -0.15) is 0 Å². The van der Waals surface area contributed by atoms with E-state index in [2.05, 4.69) is 12.2 Å². The van der Waals surface area contributed by atoms with Crippen molar-refractivity contribution < 1.29 is 4.79 Å². The minimum Gasteiger partial charge on any atom is -0.344 e. The molecule has 1 rings (SSSR count). The molecule has 0 aliphatic carbocycles. The molecule has 0 bridgehead atoms. The number of piperidine rings is 1. The van der Waals surface area contributed by atoms with Gasteiger partial charge in [0.05, 0.1) is 0 Å². The highest BCUT2D eigenvalue weighted by Crippen LogP contribution is 2.09. The summed E-state index contributed by atoms with van der Waals surface area (Å²) in [6, 6.07) is 0.521. The maximum Gasteiger partial charge on any atom is 0.222 e. The molecule has 0 aromatic heterocycles. The molecule has 1 amide bonds. The van der Waals surface area contributed by atoms with Crippen molar-refractivity contribution in [3.63, 3.8) is 0 Å². The van der Waals surface area contributed by atoms with Gasteiger partial charge in [0.25, 0.3) is 0 Å². The normalized spacial score (nSPS) is 24.7. The van der Waals surface area contributed by atoms with Crippen LogP contribution in [0, 0.1) is 0 Å². The van der Waals surface area contributed by atoms with Crippen molar-refractivity contribution in [2.45, 2.75) is 32.2 Å². The Balaban J connectivity index is 2.25. The van der Waals surface area contributed by atoms with E-state index in [4.69, 9.17) is 0 Å². The Morgan fingerprint density at radius 3 is 3.00 bits per heavy atom. The van der Waals surface area contributed by atoms with Crippen LogP contribution in [0.25, 0.3) is 0 Å². The van der Waals surface area contributed by atoms with Crippen molar-refractivity contribution in [3.8, 4) is 0 Å². The Hall–Kier alpha value is -0.570. The van der Waals surface area contributed by atoms with Gasteiger partial charge in [-0.25, -0.2) is 0 Å². The Labute approximate surface area is 74.1 Å². The average molecular weight is 170 g/mol. The summed E-state index contributed by atoms with van der Waals surface area (Å²) >= 11 is 0. The molecule has 3 heteroatoms. The van der Waals surface area contributed by atoms with E-state index < -0.39 is 0 Å². The summed E-state index contributed by atoms with van der Waals surface area (Å²) in [7, 11) is 1.88. The molecule has 1 saturated heterocycles. The molecule has 1 aliphatic heterocycles. The van der Waals surface area contributed by atoms with Crippen LogP contribution in [0.2, 0.25) is 0 Å². The van der Waals surface area contributed by atoms with Crippen LogP contribution in [0.15, 0.2) is 0 Å². The first-order valence-electron chi connectivity index (χ1n) is 4.71. The van der Waals surface area contributed by atoms with E-state index in [9.17, 15) is 4.79 Å². The van der Waals surface area contributed by atoms with E-state index in [1.807, 2.05) is 11.9 Å². The molecule has 0 aromatic rings. The number of hydrogen-bond acceptors (Lipinski definition) is 2. The minimum absolute atomic E-state index is 0.282. The molecule has 12 heavy (non-hydrogen) atoms. The van der Waals surface area contributed by atoms with Crippen LogP contribution in [0.1, 0.15) is 26.2 Å². The largest absolute Gasteiger partial charge is 0.344 e. The first kappa shape index (κ1) is 9.52. The van der Waals surface area contributed by atoms with E-state index >= 15 is 0 Å². The van der Waals surface area contributed by atoms with E-state index in [-0.39, 0.29) is 5.91 Å². The summed E-state index contributed by atoms with van der Waals surface area (Å²) in [5, 5.41) is 3.43. The van der Waals surface area contributed by atoms with E-state index in [1.165, 1.54) is 0 Å². The molecule has 1 unspecified atom stereocenters. The summed E-state index contributed by atoms with van der Waals surface area (Å²) in [5.74, 6) is 0.282. The Kier molecular flexibility index (Phi) is 3.53. The summed E-state index contributed by atoms with van der Waals surface area (Å²) in [6.45, 7) is 4.09. The zero-order valence-electron chi connectivity index (χ0n) is 7.97. The van der Waals surface area contributed by atoms with Gasteiger partial charge >= 0.3 is 0 Å². The van der Waals surface area contributed by atoms with Crippen LogP contribution in [0.5, 0.6) is 0 Å². The minimum atomic E-state index is 0.282. The van der Waals surface area contributed by atoms with Gasteiger partial charge in [0, 0.05) is 26.1 Å². The highest BCUT2D eigenvalue weighted by Gasteiger charge is 2.21. The lowest BCUT2D eigenvalue weighted by Gasteiger charge is -2.30. The summed E-state index contributed by atoms with van der Waals surface area (Å²) in [4.78, 5) is 12.9. The Morgan fingerprint density at radius 1 is 1.67 bits per heavy atom. The maximum absolute atomic E-state index is 11.1. The first-order valence-corrected chi connectivity index (χ1v) is 4.71. The topological polar surface area (TPSA) is 32.3 Å². The number of hydrogen-bond donors (Lipinski definition) is 1. The molecule has 1 fully saturated rings. The highest BCUT2D eigenvalue weighted by molar-refractivity contribution is 5.76. The zero-order chi connectivity index (χ0) is 8.97. The van der Waals surface area contributed by atoms with Gasteiger partial charge in [0.2, 0.25) is 5.91 Å². The summed E-state index contributed by atoms with van der Waals surface area (Å²) < 4.78 is 0. The third kappa shape index (κ3) is 2.48. The fraction of sp³-hybridized carbons (Fsp3) is 0.889. The number of rotatable bonds is 3. The molecule has 1 heterocycles. The molecule has 0 spiro atoms. The molecule has 1 atom stereocenters. The number of nitrogens with one attached hydrogen (secondary N) is 1. The second-order valence-electron chi connectivity index (χ2n) is 3.46. The maximum atomic E-state index is 11.1. The summed E-state index contributed by atoms with van der Waals surface area (Å²) in [5.41, 5.74) is 0. The molecular weight excluding hydrogens is 152 g/mol. The number of amides is 1. The number of likely N-dealkylation sites (N-methyl/N-ethyl adjacent to an activating group) is 1. The van der Waals surface area contributed by atoms with Crippen molar-refractivity contribution in [1.82, 2.24) is 10.2 Å². The van der Waals surface area contributed by atoms with Gasteiger partial charge in [-0.1, -0.05) is 6.92 Å². The van der Waals surface area contributed by atoms with Gasteiger partial charge in [-0.05, 0) is 19.4 Å². The smallest absolute Gasteiger partial charge is 0.222 e. The zero-order valence-corrected chi connectivity index (χ0v) is 7.97. The lowest BCUT2D eigenvalue weighted by molar-refractivity contribution is -0.132. The van der Waals surface area contributed by atoms with Crippen LogP contribution in [-0.2, 0) is 4.79 Å². The van der Waals surface area contributed by atoms with Crippen molar-refractivity contribution >= 4 is 5.91 Å². The first-order chi connectivity index (χ1) is 5.74. The van der Waals surface area contributed by atoms with Gasteiger partial charge in [-0.3, -0.25) is 4.79 Å². The van der Waals surface area contributed by atoms with Crippen molar-refractivity contribution in [3.05, 3.63) is 0 Å². The lowest BCUT2D eigenvalue weighted by Crippen LogP contribution is -2.46. The summed E-state index contributed by atoms with van der Waals surface area (Å²) in [6.07, 6.45) is 2.87. The standard InChI is InChI=1S/C9H18N2O/c1-3-6-10-8-4-5-9(12)11(2)7-8/h8,10H,3-7H2,1-2H3. The predicted octanol–water partition coefficient (Wildman–Crippen LogP) is 0.607. The van der Waals surface area contributed by atoms with Crippen molar-refractivity contribution in [2.24, 2.45) is 0 Å². The number of nitrogens with zero attached hydrogens (tertiary/aromatic N) is 1. The number of carbonyl (C=O) groups excluding carboxylic acids is 1. The predicted molar refractivity (Wildman–Crippen MR) is 49.0 cm³/mol. The second kappa shape index (κ2) is 4.45.